The van der Waals surface area contributed by atoms with E-state index in [9.17, 15) is 4.39 Å². The molecule has 0 spiro atoms. The highest BCUT2D eigenvalue weighted by molar-refractivity contribution is 5.82. The van der Waals surface area contributed by atoms with Crippen molar-refractivity contribution in [1.82, 2.24) is 4.98 Å². The summed E-state index contributed by atoms with van der Waals surface area (Å²) in [5.74, 6) is 5.41. The first-order chi connectivity index (χ1) is 7.61. The minimum Gasteiger partial charge on any atom is -0.322 e. The third-order valence-corrected chi connectivity index (χ3v) is 2.51. The van der Waals surface area contributed by atoms with Crippen LogP contribution in [0.4, 0.5) is 10.1 Å². The number of nitrogen functional groups attached to an aromatic ring is 1. The predicted octanol–water partition coefficient (Wildman–Crippen LogP) is 2.78. The van der Waals surface area contributed by atoms with Crippen molar-refractivity contribution in [3.05, 3.63) is 35.8 Å². The van der Waals surface area contributed by atoms with Crippen molar-refractivity contribution in [3.8, 4) is 0 Å². The molecule has 2 aromatic rings. The zero-order chi connectivity index (χ0) is 11.7. The van der Waals surface area contributed by atoms with Crippen LogP contribution >= 0.6 is 0 Å². The number of nitrogens with two attached hydrogens (primary N) is 1. The Morgan fingerprint density at radius 3 is 2.69 bits per heavy atom. The van der Waals surface area contributed by atoms with E-state index in [1.54, 1.807) is 6.07 Å². The lowest BCUT2D eigenvalue weighted by atomic mass is 10.1. The standard InChI is InChI=1S/C12H14FN3/c1-7(2)12-11(16-14)5-8-3-4-9(13)6-10(8)15-12/h3-7,16H,14H2,1-2H3. The maximum absolute atomic E-state index is 13.1. The third kappa shape index (κ3) is 1.84. The number of nitrogens with one attached hydrogen (secondary N) is 1. The van der Waals surface area contributed by atoms with Crippen LogP contribution < -0.4 is 11.3 Å². The van der Waals surface area contributed by atoms with Gasteiger partial charge in [0.25, 0.3) is 0 Å². The van der Waals surface area contributed by atoms with E-state index in [-0.39, 0.29) is 11.7 Å². The fourth-order valence-corrected chi connectivity index (χ4v) is 1.71. The van der Waals surface area contributed by atoms with Crippen LogP contribution in [0.2, 0.25) is 0 Å². The lowest BCUT2D eigenvalue weighted by molar-refractivity contribution is 0.629. The molecular formula is C12H14FN3. The van der Waals surface area contributed by atoms with Gasteiger partial charge in [-0.3, -0.25) is 10.8 Å². The van der Waals surface area contributed by atoms with Crippen LogP contribution in [0.25, 0.3) is 10.9 Å². The lowest BCUT2D eigenvalue weighted by Crippen LogP contribution is -2.11. The molecule has 0 aliphatic carbocycles. The second kappa shape index (κ2) is 4.06. The number of anilines is 1. The fourth-order valence-electron chi connectivity index (χ4n) is 1.71. The van der Waals surface area contributed by atoms with Gasteiger partial charge in [-0.05, 0) is 24.1 Å². The van der Waals surface area contributed by atoms with Crippen molar-refractivity contribution < 1.29 is 4.39 Å². The van der Waals surface area contributed by atoms with Crippen LogP contribution in [-0.4, -0.2) is 4.98 Å². The van der Waals surface area contributed by atoms with E-state index >= 15 is 0 Å². The Hall–Kier alpha value is -1.68. The normalized spacial score (nSPS) is 11.1. The van der Waals surface area contributed by atoms with Crippen molar-refractivity contribution in [2.45, 2.75) is 19.8 Å². The zero-order valence-corrected chi connectivity index (χ0v) is 9.29. The maximum atomic E-state index is 13.1. The molecule has 1 heterocycles. The number of hydrogen-bond acceptors (Lipinski definition) is 3. The highest BCUT2D eigenvalue weighted by atomic mass is 19.1. The first-order valence-corrected chi connectivity index (χ1v) is 5.18. The molecule has 0 bridgehead atoms. The number of hydrogen-bond donors (Lipinski definition) is 2. The van der Waals surface area contributed by atoms with Gasteiger partial charge in [-0.25, -0.2) is 4.39 Å². The van der Waals surface area contributed by atoms with Gasteiger partial charge in [0.1, 0.15) is 5.82 Å². The van der Waals surface area contributed by atoms with E-state index in [4.69, 9.17) is 5.84 Å². The molecule has 1 aromatic carbocycles. The van der Waals surface area contributed by atoms with Crippen molar-refractivity contribution >= 4 is 16.6 Å². The summed E-state index contributed by atoms with van der Waals surface area (Å²) in [7, 11) is 0. The number of aromatic nitrogens is 1. The van der Waals surface area contributed by atoms with Gasteiger partial charge >= 0.3 is 0 Å². The number of nitrogens with zero attached hydrogens (tertiary/aromatic N) is 1. The number of pyridine rings is 1. The average Bonchev–Trinajstić information content (AvgIpc) is 2.27. The molecular weight excluding hydrogens is 205 g/mol. The van der Waals surface area contributed by atoms with Gasteiger partial charge in [-0.2, -0.15) is 0 Å². The summed E-state index contributed by atoms with van der Waals surface area (Å²) in [5, 5.41) is 0.874. The molecule has 0 fully saturated rings. The highest BCUT2D eigenvalue weighted by Crippen LogP contribution is 2.26. The highest BCUT2D eigenvalue weighted by Gasteiger charge is 2.09. The van der Waals surface area contributed by atoms with E-state index in [1.165, 1.54) is 12.1 Å². The van der Waals surface area contributed by atoms with Crippen LogP contribution in [0, 0.1) is 5.82 Å². The zero-order valence-electron chi connectivity index (χ0n) is 9.29. The molecule has 0 aliphatic rings. The summed E-state index contributed by atoms with van der Waals surface area (Å²) >= 11 is 0. The van der Waals surface area contributed by atoms with E-state index in [0.29, 0.717) is 5.52 Å². The molecule has 0 amide bonds. The van der Waals surface area contributed by atoms with Gasteiger partial charge < -0.3 is 5.43 Å². The topological polar surface area (TPSA) is 50.9 Å². The Kier molecular flexibility index (Phi) is 2.75. The van der Waals surface area contributed by atoms with Gasteiger partial charge in [-0.1, -0.05) is 13.8 Å². The first-order valence-electron chi connectivity index (χ1n) is 5.18. The van der Waals surface area contributed by atoms with Crippen LogP contribution in [-0.2, 0) is 0 Å². The monoisotopic (exact) mass is 219 g/mol. The molecule has 3 nitrogen and oxygen atoms in total. The summed E-state index contributed by atoms with van der Waals surface area (Å²) in [5.41, 5.74) is 4.92. The second-order valence-corrected chi connectivity index (χ2v) is 4.06. The number of fused-ring (bicyclic) bond motifs is 1. The molecule has 0 radical (unpaired) electrons. The summed E-state index contributed by atoms with van der Waals surface area (Å²) in [6, 6.07) is 6.43. The Morgan fingerprint density at radius 2 is 2.06 bits per heavy atom. The van der Waals surface area contributed by atoms with Crippen LogP contribution in [0.5, 0.6) is 0 Å². The molecule has 0 saturated heterocycles. The largest absolute Gasteiger partial charge is 0.322 e. The summed E-state index contributed by atoms with van der Waals surface area (Å²) in [6.07, 6.45) is 0. The SMILES string of the molecule is CC(C)c1nc2cc(F)ccc2cc1NN. The molecule has 4 heteroatoms. The smallest absolute Gasteiger partial charge is 0.125 e. The Labute approximate surface area is 93.5 Å². The van der Waals surface area contributed by atoms with Gasteiger partial charge in [-0.15, -0.1) is 0 Å². The van der Waals surface area contributed by atoms with Crippen molar-refractivity contribution in [2.75, 3.05) is 5.43 Å². The quantitative estimate of drug-likeness (QED) is 0.603. The minimum atomic E-state index is -0.275. The van der Waals surface area contributed by atoms with E-state index in [1.807, 2.05) is 19.9 Å². The Balaban J connectivity index is 2.70. The molecule has 0 aliphatic heterocycles. The summed E-state index contributed by atoms with van der Waals surface area (Å²) in [6.45, 7) is 4.04. The van der Waals surface area contributed by atoms with E-state index < -0.39 is 0 Å². The van der Waals surface area contributed by atoms with Gasteiger partial charge in [0, 0.05) is 11.5 Å². The van der Waals surface area contributed by atoms with Crippen LogP contribution in [0.1, 0.15) is 25.5 Å². The predicted molar refractivity (Wildman–Crippen MR) is 63.6 cm³/mol. The molecule has 2 rings (SSSR count). The van der Waals surface area contributed by atoms with E-state index in [2.05, 4.69) is 10.4 Å². The summed E-state index contributed by atoms with van der Waals surface area (Å²) < 4.78 is 13.1. The van der Waals surface area contributed by atoms with Crippen LogP contribution in [0.15, 0.2) is 24.3 Å². The fraction of sp³-hybridized carbons (Fsp3) is 0.250. The minimum absolute atomic E-state index is 0.235. The van der Waals surface area contributed by atoms with Gasteiger partial charge in [0.15, 0.2) is 0 Å². The van der Waals surface area contributed by atoms with Gasteiger partial charge in [0.05, 0.1) is 16.9 Å². The molecule has 84 valence electrons. The number of hydrazine groups is 1. The summed E-state index contributed by atoms with van der Waals surface area (Å²) in [4.78, 5) is 4.42. The number of benzene rings is 1. The number of halogens is 1. The molecule has 0 saturated carbocycles. The van der Waals surface area contributed by atoms with Crippen LogP contribution in [0.3, 0.4) is 0 Å². The van der Waals surface area contributed by atoms with Crippen molar-refractivity contribution in [3.63, 3.8) is 0 Å². The lowest BCUT2D eigenvalue weighted by Gasteiger charge is -2.12. The third-order valence-electron chi connectivity index (χ3n) is 2.51. The second-order valence-electron chi connectivity index (χ2n) is 4.06. The number of rotatable bonds is 2. The first kappa shape index (κ1) is 10.8. The molecule has 0 unspecified atom stereocenters. The molecule has 16 heavy (non-hydrogen) atoms. The maximum Gasteiger partial charge on any atom is 0.125 e. The Bertz CT molecular complexity index is 523. The molecule has 0 atom stereocenters. The van der Waals surface area contributed by atoms with E-state index in [0.717, 1.165) is 16.8 Å². The van der Waals surface area contributed by atoms with Gasteiger partial charge in [0.2, 0.25) is 0 Å². The van der Waals surface area contributed by atoms with Crippen molar-refractivity contribution in [1.29, 1.82) is 0 Å². The Morgan fingerprint density at radius 1 is 1.31 bits per heavy atom. The average molecular weight is 219 g/mol. The van der Waals surface area contributed by atoms with Crippen molar-refractivity contribution in [2.24, 2.45) is 5.84 Å². The molecule has 3 N–H and O–H groups in total. The molecule has 1 aromatic heterocycles.